The summed E-state index contributed by atoms with van der Waals surface area (Å²) < 4.78 is 0. The van der Waals surface area contributed by atoms with Crippen LogP contribution in [-0.4, -0.2) is 43.8 Å². The Labute approximate surface area is 188 Å². The molecule has 0 bridgehead atoms. The van der Waals surface area contributed by atoms with Crippen molar-refractivity contribution >= 4 is 47.0 Å². The molecular weight excluding hydrogens is 399 g/mol. The molecule has 2 aliphatic rings. The van der Waals surface area contributed by atoms with E-state index in [9.17, 15) is 5.26 Å². The van der Waals surface area contributed by atoms with E-state index in [0.29, 0.717) is 0 Å². The number of anilines is 2. The highest BCUT2D eigenvalue weighted by Crippen LogP contribution is 2.48. The van der Waals surface area contributed by atoms with E-state index in [2.05, 4.69) is 77.3 Å². The highest BCUT2D eigenvalue weighted by molar-refractivity contribution is 7.99. The van der Waals surface area contributed by atoms with Crippen molar-refractivity contribution in [2.75, 3.05) is 32.1 Å². The van der Waals surface area contributed by atoms with Crippen molar-refractivity contribution in [2.45, 2.75) is 16.2 Å². The minimum atomic E-state index is -0.215. The van der Waals surface area contributed by atoms with Crippen LogP contribution in [0.2, 0.25) is 0 Å². The zero-order valence-electron chi connectivity index (χ0n) is 17.7. The molecule has 0 fully saturated rings. The van der Waals surface area contributed by atoms with E-state index in [1.807, 2.05) is 24.4 Å². The van der Waals surface area contributed by atoms with Gasteiger partial charge < -0.3 is 9.80 Å². The molecule has 3 aromatic rings. The summed E-state index contributed by atoms with van der Waals surface area (Å²) in [5.41, 5.74) is 5.65. The molecule has 1 aromatic heterocycles. The van der Waals surface area contributed by atoms with Crippen molar-refractivity contribution in [3.05, 3.63) is 71.9 Å². The standard InChI is InChI=1S/C25H23BN4S/c1-29(2)13-6-14-30-22-11-10-19(16-24(22)31-23-9-5-12-28-25(23)30)21-15-18-7-3-4-8-20(18)26(21)17-27/h3-5,7-12,15-16H,6,13-14H2,1-2H3. The van der Waals surface area contributed by atoms with Crippen LogP contribution in [0, 0.1) is 11.2 Å². The van der Waals surface area contributed by atoms with Crippen LogP contribution in [0.5, 0.6) is 0 Å². The summed E-state index contributed by atoms with van der Waals surface area (Å²) in [5.74, 6) is 3.55. The molecule has 152 valence electrons. The lowest BCUT2D eigenvalue weighted by Crippen LogP contribution is -2.28. The van der Waals surface area contributed by atoms with Gasteiger partial charge in [-0.05, 0) is 62.5 Å². The molecule has 0 atom stereocenters. The van der Waals surface area contributed by atoms with E-state index < -0.39 is 0 Å². The van der Waals surface area contributed by atoms with Crippen LogP contribution in [0.3, 0.4) is 0 Å². The molecule has 2 aliphatic heterocycles. The minimum absolute atomic E-state index is 0.215. The quantitative estimate of drug-likeness (QED) is 0.567. The first kappa shape index (κ1) is 19.9. The average Bonchev–Trinajstić information content (AvgIpc) is 3.16. The Balaban J connectivity index is 1.52. The summed E-state index contributed by atoms with van der Waals surface area (Å²) in [4.78, 5) is 11.6. The minimum Gasteiger partial charge on any atom is -0.324 e. The molecule has 0 N–H and O–H groups in total. The number of hydrogen-bond donors (Lipinski definition) is 0. The van der Waals surface area contributed by atoms with Gasteiger partial charge in [0.1, 0.15) is 5.82 Å². The topological polar surface area (TPSA) is 43.2 Å². The van der Waals surface area contributed by atoms with E-state index in [1.165, 1.54) is 15.5 Å². The highest BCUT2D eigenvalue weighted by Gasteiger charge is 2.32. The molecule has 0 aliphatic carbocycles. The summed E-state index contributed by atoms with van der Waals surface area (Å²) in [6, 6.07) is 18.9. The predicted molar refractivity (Wildman–Crippen MR) is 130 cm³/mol. The smallest absolute Gasteiger partial charge is 0.324 e. The third-order valence-electron chi connectivity index (χ3n) is 5.86. The van der Waals surface area contributed by atoms with Gasteiger partial charge in [-0.25, -0.2) is 10.2 Å². The zero-order chi connectivity index (χ0) is 21.4. The van der Waals surface area contributed by atoms with Gasteiger partial charge in [0.25, 0.3) is 0 Å². The van der Waals surface area contributed by atoms with Gasteiger partial charge in [-0.3, -0.25) is 0 Å². The second-order valence-electron chi connectivity index (χ2n) is 8.21. The number of pyridine rings is 1. The molecule has 0 unspecified atom stereocenters. The van der Waals surface area contributed by atoms with Crippen LogP contribution in [0.15, 0.2) is 70.6 Å². The SMILES string of the molecule is CN(C)CCCN1c2ccc(C3=Cc4ccccc4B3C#N)cc2Sc2cccnc21. The largest absolute Gasteiger partial charge is 0.333 e. The van der Waals surface area contributed by atoms with Crippen molar-refractivity contribution < 1.29 is 0 Å². The van der Waals surface area contributed by atoms with Gasteiger partial charge in [0.2, 0.25) is 0 Å². The first-order valence-electron chi connectivity index (χ1n) is 10.6. The van der Waals surface area contributed by atoms with E-state index in [4.69, 9.17) is 0 Å². The Hall–Kier alpha value is -3.01. The molecule has 0 saturated carbocycles. The predicted octanol–water partition coefficient (Wildman–Crippen LogP) is 4.49. The molecule has 5 rings (SSSR count). The van der Waals surface area contributed by atoms with E-state index in [-0.39, 0.29) is 6.71 Å². The molecule has 0 radical (unpaired) electrons. The molecule has 4 nitrogen and oxygen atoms in total. The number of benzene rings is 2. The maximum absolute atomic E-state index is 9.88. The second kappa shape index (κ2) is 8.26. The molecule has 31 heavy (non-hydrogen) atoms. The van der Waals surface area contributed by atoms with Crippen molar-refractivity contribution in [2.24, 2.45) is 0 Å². The van der Waals surface area contributed by atoms with Crippen LogP contribution < -0.4 is 10.4 Å². The summed E-state index contributed by atoms with van der Waals surface area (Å²) >= 11 is 1.77. The molecule has 6 heteroatoms. The van der Waals surface area contributed by atoms with Crippen molar-refractivity contribution in [3.63, 3.8) is 0 Å². The second-order valence-corrected chi connectivity index (χ2v) is 9.29. The van der Waals surface area contributed by atoms with Gasteiger partial charge in [0, 0.05) is 23.6 Å². The Bertz CT molecular complexity index is 1210. The van der Waals surface area contributed by atoms with Gasteiger partial charge in [-0.2, -0.15) is 0 Å². The third-order valence-corrected chi connectivity index (χ3v) is 6.94. The molecule has 0 amide bonds. The van der Waals surface area contributed by atoms with Gasteiger partial charge in [-0.15, -0.1) is 0 Å². The fourth-order valence-electron chi connectivity index (χ4n) is 4.38. The van der Waals surface area contributed by atoms with Crippen molar-refractivity contribution in [3.8, 4) is 5.97 Å². The number of aromatic nitrogens is 1. The van der Waals surface area contributed by atoms with Crippen molar-refractivity contribution in [1.82, 2.24) is 9.88 Å². The van der Waals surface area contributed by atoms with E-state index >= 15 is 0 Å². The fourth-order valence-corrected chi connectivity index (χ4v) is 5.49. The van der Waals surface area contributed by atoms with Crippen LogP contribution in [0.4, 0.5) is 11.5 Å². The van der Waals surface area contributed by atoms with Crippen LogP contribution in [-0.2, 0) is 0 Å². The molecule has 0 spiro atoms. The zero-order valence-corrected chi connectivity index (χ0v) is 18.6. The average molecular weight is 422 g/mol. The summed E-state index contributed by atoms with van der Waals surface area (Å²) in [5, 5.41) is 9.88. The Morgan fingerprint density at radius 3 is 2.81 bits per heavy atom. The van der Waals surface area contributed by atoms with Gasteiger partial charge in [0.15, 0.2) is 0 Å². The lowest BCUT2D eigenvalue weighted by Gasteiger charge is -2.32. The summed E-state index contributed by atoms with van der Waals surface area (Å²) in [6.07, 6.45) is 5.10. The third kappa shape index (κ3) is 3.65. The Morgan fingerprint density at radius 2 is 1.97 bits per heavy atom. The number of hydrogen-bond acceptors (Lipinski definition) is 5. The molecule has 2 aromatic carbocycles. The Kier molecular flexibility index (Phi) is 5.31. The normalized spacial score (nSPS) is 14.1. The monoisotopic (exact) mass is 422 g/mol. The molecule has 3 heterocycles. The maximum atomic E-state index is 9.88. The molecular formula is C25H23BN4S. The highest BCUT2D eigenvalue weighted by atomic mass is 32.2. The summed E-state index contributed by atoms with van der Waals surface area (Å²) in [7, 11) is 4.22. The maximum Gasteiger partial charge on any atom is 0.333 e. The van der Waals surface area contributed by atoms with Crippen molar-refractivity contribution in [1.29, 1.82) is 5.26 Å². The van der Waals surface area contributed by atoms with Crippen LogP contribution in [0.25, 0.3) is 11.5 Å². The Morgan fingerprint density at radius 1 is 1.10 bits per heavy atom. The van der Waals surface area contributed by atoms with E-state index in [0.717, 1.165) is 47.4 Å². The fraction of sp³-hybridized carbons (Fsp3) is 0.200. The lowest BCUT2D eigenvalue weighted by atomic mass is 9.42. The number of fused-ring (bicyclic) bond motifs is 3. The summed E-state index contributed by atoms with van der Waals surface area (Å²) in [6.45, 7) is 1.74. The number of nitrogens with zero attached hydrogens (tertiary/aromatic N) is 4. The molecule has 0 saturated heterocycles. The first-order valence-corrected chi connectivity index (χ1v) is 11.4. The lowest BCUT2D eigenvalue weighted by molar-refractivity contribution is 0.402. The first-order chi connectivity index (χ1) is 15.2. The number of nitriles is 1. The van der Waals surface area contributed by atoms with Crippen LogP contribution >= 0.6 is 11.8 Å². The van der Waals surface area contributed by atoms with E-state index in [1.54, 1.807) is 11.8 Å². The van der Waals surface area contributed by atoms with Gasteiger partial charge >= 0.3 is 6.71 Å². The number of rotatable bonds is 5. The van der Waals surface area contributed by atoms with Gasteiger partial charge in [-0.1, -0.05) is 59.1 Å². The van der Waals surface area contributed by atoms with Gasteiger partial charge in [0.05, 0.1) is 10.6 Å². The van der Waals surface area contributed by atoms with Crippen LogP contribution in [0.1, 0.15) is 17.5 Å².